The normalized spacial score (nSPS) is 16.9. The second-order valence-electron chi connectivity index (χ2n) is 6.20. The lowest BCUT2D eigenvalue weighted by atomic mass is 10.1. The summed E-state index contributed by atoms with van der Waals surface area (Å²) in [6, 6.07) is 17.7. The molecule has 5 heteroatoms. The number of benzene rings is 2. The summed E-state index contributed by atoms with van der Waals surface area (Å²) in [7, 11) is 0. The average Bonchev–Trinajstić information content (AvgIpc) is 3.33. The first-order valence-corrected chi connectivity index (χ1v) is 8.55. The highest BCUT2D eigenvalue weighted by Crippen LogP contribution is 2.32. The highest BCUT2D eigenvalue weighted by Gasteiger charge is 2.18. The molecule has 2 aromatic carbocycles. The van der Waals surface area contributed by atoms with Crippen LogP contribution < -0.4 is 10.5 Å². The maximum atomic E-state index is 6.06. The van der Waals surface area contributed by atoms with Crippen LogP contribution >= 0.6 is 0 Å². The van der Waals surface area contributed by atoms with Crippen molar-refractivity contribution in [3.8, 4) is 28.3 Å². The number of ether oxygens (including phenoxy) is 2. The molecule has 4 rings (SSSR count). The number of aromatic amines is 1. The number of nitrogen functional groups attached to an aromatic ring is 1. The quantitative estimate of drug-likeness (QED) is 0.694. The van der Waals surface area contributed by atoms with Gasteiger partial charge >= 0.3 is 0 Å². The molecule has 2 heterocycles. The van der Waals surface area contributed by atoms with Crippen LogP contribution in [0.3, 0.4) is 0 Å². The predicted octanol–water partition coefficient (Wildman–Crippen LogP) is 3.88. The Morgan fingerprint density at radius 2 is 1.92 bits per heavy atom. The van der Waals surface area contributed by atoms with Crippen molar-refractivity contribution in [1.82, 2.24) is 10.2 Å². The lowest BCUT2D eigenvalue weighted by Gasteiger charge is -2.13. The molecule has 1 saturated heterocycles. The molecule has 25 heavy (non-hydrogen) atoms. The molecule has 3 aromatic rings. The first kappa shape index (κ1) is 15.7. The minimum atomic E-state index is 0.187. The average molecular weight is 335 g/mol. The van der Waals surface area contributed by atoms with Crippen LogP contribution in [0.1, 0.15) is 12.8 Å². The van der Waals surface area contributed by atoms with Gasteiger partial charge in [0.15, 0.2) is 0 Å². The van der Waals surface area contributed by atoms with Gasteiger partial charge in [-0.15, -0.1) is 0 Å². The maximum absolute atomic E-state index is 6.06. The van der Waals surface area contributed by atoms with Gasteiger partial charge in [0.1, 0.15) is 12.4 Å². The number of nitrogens with one attached hydrogen (secondary N) is 1. The zero-order valence-corrected chi connectivity index (χ0v) is 13.9. The monoisotopic (exact) mass is 335 g/mol. The molecule has 0 spiro atoms. The van der Waals surface area contributed by atoms with E-state index in [1.54, 1.807) is 0 Å². The Morgan fingerprint density at radius 3 is 2.72 bits per heavy atom. The smallest absolute Gasteiger partial charge is 0.128 e. The van der Waals surface area contributed by atoms with Crippen LogP contribution in [0.5, 0.6) is 5.75 Å². The number of H-pyrrole nitrogens is 1. The fraction of sp³-hybridized carbons (Fsp3) is 0.250. The number of aromatic nitrogens is 2. The lowest BCUT2D eigenvalue weighted by Crippen LogP contribution is -2.16. The first-order chi connectivity index (χ1) is 12.3. The number of hydrogen-bond acceptors (Lipinski definition) is 4. The molecule has 0 amide bonds. The molecule has 1 aliphatic heterocycles. The van der Waals surface area contributed by atoms with E-state index in [2.05, 4.69) is 10.2 Å². The molecule has 0 bridgehead atoms. The molecular formula is C20H21N3O2. The Balaban J connectivity index is 1.59. The van der Waals surface area contributed by atoms with Gasteiger partial charge in [-0.05, 0) is 37.1 Å². The lowest BCUT2D eigenvalue weighted by molar-refractivity contribution is 0.0681. The van der Waals surface area contributed by atoms with Gasteiger partial charge in [-0.1, -0.05) is 30.3 Å². The van der Waals surface area contributed by atoms with Gasteiger partial charge in [0.05, 0.1) is 17.5 Å². The molecular weight excluding hydrogens is 314 g/mol. The van der Waals surface area contributed by atoms with Gasteiger partial charge in [0.25, 0.3) is 0 Å². The minimum absolute atomic E-state index is 0.187. The summed E-state index contributed by atoms with van der Waals surface area (Å²) in [5.74, 6) is 0.817. The summed E-state index contributed by atoms with van der Waals surface area (Å²) in [4.78, 5) is 0. The van der Waals surface area contributed by atoms with E-state index in [1.807, 2.05) is 54.6 Å². The van der Waals surface area contributed by atoms with E-state index in [0.29, 0.717) is 6.61 Å². The van der Waals surface area contributed by atoms with E-state index in [-0.39, 0.29) is 6.10 Å². The summed E-state index contributed by atoms with van der Waals surface area (Å²) < 4.78 is 11.6. The zero-order valence-electron chi connectivity index (χ0n) is 13.9. The van der Waals surface area contributed by atoms with Gasteiger partial charge in [-0.3, -0.25) is 5.10 Å². The largest absolute Gasteiger partial charge is 0.490 e. The van der Waals surface area contributed by atoms with Gasteiger partial charge in [-0.2, -0.15) is 5.10 Å². The van der Waals surface area contributed by atoms with Gasteiger partial charge in [-0.25, -0.2) is 0 Å². The summed E-state index contributed by atoms with van der Waals surface area (Å²) in [6.07, 6.45) is 2.35. The van der Waals surface area contributed by atoms with E-state index < -0.39 is 0 Å². The standard InChI is InChI=1S/C20H21N3O2/c21-17-9-3-1-7-15(17)18-12-19(23-22-18)16-8-2-4-10-20(16)25-13-14-6-5-11-24-14/h1-4,7-10,12,14H,5-6,11,13,21H2,(H,22,23). The molecule has 0 saturated carbocycles. The number of nitrogens with zero attached hydrogens (tertiary/aromatic N) is 1. The minimum Gasteiger partial charge on any atom is -0.490 e. The van der Waals surface area contributed by atoms with E-state index in [9.17, 15) is 0 Å². The Labute approximate surface area is 146 Å². The van der Waals surface area contributed by atoms with Crippen LogP contribution in [0.15, 0.2) is 54.6 Å². The van der Waals surface area contributed by atoms with Crippen molar-refractivity contribution >= 4 is 5.69 Å². The van der Waals surface area contributed by atoms with Crippen LogP contribution in [0.4, 0.5) is 5.69 Å². The van der Waals surface area contributed by atoms with Crippen LogP contribution in [-0.2, 0) is 4.74 Å². The van der Waals surface area contributed by atoms with Gasteiger partial charge in [0, 0.05) is 23.4 Å². The van der Waals surface area contributed by atoms with E-state index in [4.69, 9.17) is 15.2 Å². The molecule has 1 atom stereocenters. The zero-order chi connectivity index (χ0) is 17.1. The number of hydrogen-bond donors (Lipinski definition) is 2. The molecule has 1 unspecified atom stereocenters. The van der Waals surface area contributed by atoms with Crippen molar-refractivity contribution in [3.05, 3.63) is 54.6 Å². The fourth-order valence-electron chi connectivity index (χ4n) is 3.10. The Kier molecular flexibility index (Phi) is 4.39. The van der Waals surface area contributed by atoms with Crippen molar-refractivity contribution in [1.29, 1.82) is 0 Å². The van der Waals surface area contributed by atoms with Crippen LogP contribution in [-0.4, -0.2) is 29.5 Å². The summed E-state index contributed by atoms with van der Waals surface area (Å²) >= 11 is 0. The predicted molar refractivity (Wildman–Crippen MR) is 98.3 cm³/mol. The summed E-state index contributed by atoms with van der Waals surface area (Å²) in [5, 5.41) is 7.53. The van der Waals surface area contributed by atoms with Gasteiger partial charge < -0.3 is 15.2 Å². The van der Waals surface area contributed by atoms with E-state index in [1.165, 1.54) is 0 Å². The van der Waals surface area contributed by atoms with Crippen molar-refractivity contribution in [3.63, 3.8) is 0 Å². The van der Waals surface area contributed by atoms with Gasteiger partial charge in [0.2, 0.25) is 0 Å². The number of rotatable bonds is 5. The van der Waals surface area contributed by atoms with Crippen molar-refractivity contribution in [2.75, 3.05) is 18.9 Å². The summed E-state index contributed by atoms with van der Waals surface area (Å²) in [5.41, 5.74) is 10.4. The van der Waals surface area contributed by atoms with Crippen LogP contribution in [0.25, 0.3) is 22.5 Å². The number of para-hydroxylation sites is 2. The number of anilines is 1. The van der Waals surface area contributed by atoms with Crippen LogP contribution in [0, 0.1) is 0 Å². The maximum Gasteiger partial charge on any atom is 0.128 e. The third kappa shape index (κ3) is 3.37. The van der Waals surface area contributed by atoms with E-state index in [0.717, 1.165) is 53.4 Å². The van der Waals surface area contributed by atoms with Crippen molar-refractivity contribution in [2.24, 2.45) is 0 Å². The fourth-order valence-corrected chi connectivity index (χ4v) is 3.10. The Bertz CT molecular complexity index is 853. The Morgan fingerprint density at radius 1 is 1.12 bits per heavy atom. The molecule has 5 nitrogen and oxygen atoms in total. The molecule has 128 valence electrons. The molecule has 0 aliphatic carbocycles. The molecule has 1 aromatic heterocycles. The van der Waals surface area contributed by atoms with Crippen molar-refractivity contribution in [2.45, 2.75) is 18.9 Å². The van der Waals surface area contributed by atoms with E-state index >= 15 is 0 Å². The second-order valence-corrected chi connectivity index (χ2v) is 6.20. The Hall–Kier alpha value is -2.79. The number of nitrogens with two attached hydrogens (primary N) is 1. The van der Waals surface area contributed by atoms with Crippen LogP contribution in [0.2, 0.25) is 0 Å². The highest BCUT2D eigenvalue weighted by molar-refractivity contribution is 5.77. The third-order valence-corrected chi connectivity index (χ3v) is 4.44. The van der Waals surface area contributed by atoms with Crippen molar-refractivity contribution < 1.29 is 9.47 Å². The second kappa shape index (κ2) is 6.99. The molecule has 3 N–H and O–H groups in total. The SMILES string of the molecule is Nc1ccccc1-c1cc(-c2ccccc2OCC2CCCO2)n[nH]1. The molecule has 0 radical (unpaired) electrons. The first-order valence-electron chi connectivity index (χ1n) is 8.55. The molecule has 1 aliphatic rings. The highest BCUT2D eigenvalue weighted by atomic mass is 16.5. The third-order valence-electron chi connectivity index (χ3n) is 4.44. The topological polar surface area (TPSA) is 73.2 Å². The summed E-state index contributed by atoms with van der Waals surface area (Å²) in [6.45, 7) is 1.40. The molecule has 1 fully saturated rings.